The van der Waals surface area contributed by atoms with Crippen LogP contribution < -0.4 is 14.2 Å². The van der Waals surface area contributed by atoms with E-state index in [4.69, 9.17) is 33.2 Å². The minimum atomic E-state index is -0.968. The number of hydrogen-bond donors (Lipinski definition) is 3. The molecule has 0 aromatic heterocycles. The Bertz CT molecular complexity index is 2110. The van der Waals surface area contributed by atoms with Gasteiger partial charge >= 0.3 is 0 Å². The Kier molecular flexibility index (Phi) is 12.8. The second-order valence-corrected chi connectivity index (χ2v) is 15.7. The number of ether oxygens (including phenoxy) is 7. The second-order valence-electron chi connectivity index (χ2n) is 15.7. The number of fused-ring (bicyclic) bond motifs is 7. The van der Waals surface area contributed by atoms with Crippen LogP contribution in [0.1, 0.15) is 60.1 Å². The van der Waals surface area contributed by atoms with Gasteiger partial charge in [-0.3, -0.25) is 0 Å². The van der Waals surface area contributed by atoms with Crippen LogP contribution in [0, 0.1) is 12.3 Å². The van der Waals surface area contributed by atoms with Crippen LogP contribution in [0.15, 0.2) is 90.0 Å². The lowest BCUT2D eigenvalue weighted by Gasteiger charge is -2.39. The Morgan fingerprint density at radius 1 is 0.724 bits per heavy atom. The molecule has 0 spiro atoms. The molecule has 0 saturated carbocycles. The van der Waals surface area contributed by atoms with Gasteiger partial charge in [-0.25, -0.2) is 0 Å². The lowest BCUT2D eigenvalue weighted by atomic mass is 9.80. The van der Waals surface area contributed by atoms with Gasteiger partial charge in [0, 0.05) is 27.6 Å². The first-order valence-corrected chi connectivity index (χ1v) is 20.0. The molecule has 10 heteroatoms. The van der Waals surface area contributed by atoms with Crippen molar-refractivity contribution in [3.05, 3.63) is 123 Å². The van der Waals surface area contributed by atoms with Crippen LogP contribution in [-0.4, -0.2) is 95.6 Å². The van der Waals surface area contributed by atoms with E-state index in [1.165, 1.54) is 16.7 Å². The summed E-state index contributed by atoms with van der Waals surface area (Å²) in [6.45, 7) is 7.10. The summed E-state index contributed by atoms with van der Waals surface area (Å²) in [5.41, 5.74) is 7.37. The van der Waals surface area contributed by atoms with Gasteiger partial charge in [0.1, 0.15) is 22.8 Å². The van der Waals surface area contributed by atoms with Crippen molar-refractivity contribution in [3.63, 3.8) is 0 Å². The van der Waals surface area contributed by atoms with E-state index in [1.807, 2.05) is 24.3 Å². The highest BCUT2D eigenvalue weighted by Crippen LogP contribution is 2.59. The zero-order valence-corrected chi connectivity index (χ0v) is 34.3. The summed E-state index contributed by atoms with van der Waals surface area (Å²) in [6, 6.07) is 22.7. The first-order chi connectivity index (χ1) is 28.2. The van der Waals surface area contributed by atoms with E-state index < -0.39 is 16.6 Å². The smallest absolute Gasteiger partial charge is 0.178 e. The number of hydrogen-bond acceptors (Lipinski definition) is 10. The highest BCUT2D eigenvalue weighted by Gasteiger charge is 2.48. The molecule has 10 nitrogen and oxygen atoms in total. The van der Waals surface area contributed by atoms with Gasteiger partial charge in [-0.05, 0) is 92.1 Å². The Morgan fingerprint density at radius 2 is 1.33 bits per heavy atom. The fourth-order valence-corrected chi connectivity index (χ4v) is 8.61. The van der Waals surface area contributed by atoms with Gasteiger partial charge in [-0.1, -0.05) is 59.7 Å². The SMILES string of the molecule is COc1ccc(C2(c3ccc(OC)cc3)C=Cc3c4c(c5ccc(C)cc5c3O2)C2=C(C=C(C)CC2)C4(C)OCCOCC(CO)(COCCO)COCCO)cc1. The summed E-state index contributed by atoms with van der Waals surface area (Å²) >= 11 is 0. The Morgan fingerprint density at radius 3 is 1.90 bits per heavy atom. The van der Waals surface area contributed by atoms with Crippen molar-refractivity contribution in [1.29, 1.82) is 0 Å². The molecule has 308 valence electrons. The number of allylic oxidation sites excluding steroid dienone is 2. The van der Waals surface area contributed by atoms with Gasteiger partial charge in [-0.15, -0.1) is 0 Å². The lowest BCUT2D eigenvalue weighted by molar-refractivity contribution is -0.109. The van der Waals surface area contributed by atoms with E-state index >= 15 is 0 Å². The minimum Gasteiger partial charge on any atom is -0.497 e. The fourth-order valence-electron chi connectivity index (χ4n) is 8.61. The number of methoxy groups -OCH3 is 2. The van der Waals surface area contributed by atoms with Crippen LogP contribution in [0.5, 0.6) is 17.2 Å². The van der Waals surface area contributed by atoms with Crippen LogP contribution in [-0.2, 0) is 30.1 Å². The molecule has 7 rings (SSSR count). The maximum atomic E-state index is 10.4. The zero-order valence-electron chi connectivity index (χ0n) is 34.3. The molecule has 0 saturated heterocycles. The summed E-state index contributed by atoms with van der Waals surface area (Å²) in [5, 5.41) is 31.1. The summed E-state index contributed by atoms with van der Waals surface area (Å²) < 4.78 is 43.1. The van der Waals surface area contributed by atoms with Crippen molar-refractivity contribution in [1.82, 2.24) is 0 Å². The standard InChI is InChI=1S/C48H56O10/c1-32-6-16-38-41(26-32)45-40(18-19-48(58-45,34-8-12-36(52-4)13-9-34)35-10-14-37(53-5)15-11-35)44-43(38)39-17-7-33(2)27-42(39)46(44,3)57-25-24-56-31-47(28-51,29-54-22-20-49)30-55-23-21-50/h6,8-16,18-19,26-27,49-51H,7,17,20-25,28-31H2,1-5H3. The first-order valence-electron chi connectivity index (χ1n) is 20.0. The van der Waals surface area contributed by atoms with Crippen molar-refractivity contribution in [2.24, 2.45) is 5.41 Å². The van der Waals surface area contributed by atoms with E-state index in [-0.39, 0.29) is 66.1 Å². The van der Waals surface area contributed by atoms with Crippen LogP contribution >= 0.6 is 0 Å². The largest absolute Gasteiger partial charge is 0.497 e. The third kappa shape index (κ3) is 7.82. The lowest BCUT2D eigenvalue weighted by Crippen LogP contribution is -2.41. The Labute approximate surface area is 341 Å². The average molecular weight is 793 g/mol. The molecule has 1 atom stereocenters. The van der Waals surface area contributed by atoms with Gasteiger partial charge in [-0.2, -0.15) is 0 Å². The fraction of sp³-hybridized carbons (Fsp3) is 0.417. The molecule has 4 aromatic carbocycles. The van der Waals surface area contributed by atoms with Crippen molar-refractivity contribution < 1.29 is 48.5 Å². The van der Waals surface area contributed by atoms with Crippen molar-refractivity contribution in [2.45, 2.75) is 44.8 Å². The van der Waals surface area contributed by atoms with Gasteiger partial charge in [0.25, 0.3) is 0 Å². The Balaban J connectivity index is 1.29. The molecular weight excluding hydrogens is 737 g/mol. The predicted molar refractivity (Wildman–Crippen MR) is 224 cm³/mol. The van der Waals surface area contributed by atoms with E-state index in [1.54, 1.807) is 14.2 Å². The highest BCUT2D eigenvalue weighted by molar-refractivity contribution is 6.06. The van der Waals surface area contributed by atoms with Gasteiger partial charge in [0.05, 0.1) is 85.7 Å². The molecule has 58 heavy (non-hydrogen) atoms. The maximum Gasteiger partial charge on any atom is 0.178 e. The Hall–Kier alpha value is -4.52. The molecule has 0 bridgehead atoms. The molecule has 1 unspecified atom stereocenters. The van der Waals surface area contributed by atoms with Gasteiger partial charge < -0.3 is 48.5 Å². The molecule has 0 amide bonds. The highest BCUT2D eigenvalue weighted by atomic mass is 16.5. The van der Waals surface area contributed by atoms with Crippen LogP contribution in [0.2, 0.25) is 0 Å². The van der Waals surface area contributed by atoms with E-state index in [0.717, 1.165) is 74.3 Å². The van der Waals surface area contributed by atoms with Gasteiger partial charge in [0.2, 0.25) is 0 Å². The number of aliphatic hydroxyl groups is 3. The van der Waals surface area contributed by atoms with Gasteiger partial charge in [0.15, 0.2) is 5.60 Å². The molecular formula is C48H56O10. The molecule has 1 heterocycles. The monoisotopic (exact) mass is 792 g/mol. The van der Waals surface area contributed by atoms with Crippen molar-refractivity contribution in [3.8, 4) is 17.2 Å². The van der Waals surface area contributed by atoms with Crippen LogP contribution in [0.25, 0.3) is 22.4 Å². The van der Waals surface area contributed by atoms with Crippen molar-refractivity contribution >= 4 is 22.4 Å². The number of benzene rings is 4. The normalized spacial score (nSPS) is 18.1. The molecule has 1 aliphatic heterocycles. The van der Waals surface area contributed by atoms with E-state index in [0.29, 0.717) is 0 Å². The third-order valence-electron chi connectivity index (χ3n) is 11.7. The third-order valence-corrected chi connectivity index (χ3v) is 11.7. The first kappa shape index (κ1) is 41.6. The summed E-state index contributed by atoms with van der Waals surface area (Å²) in [5.74, 6) is 2.31. The summed E-state index contributed by atoms with van der Waals surface area (Å²) in [7, 11) is 3.33. The molecule has 4 aromatic rings. The van der Waals surface area contributed by atoms with Crippen LogP contribution in [0.3, 0.4) is 0 Å². The molecule has 0 radical (unpaired) electrons. The van der Waals surface area contributed by atoms with Crippen molar-refractivity contribution in [2.75, 3.05) is 80.3 Å². The second kappa shape index (κ2) is 17.8. The number of aliphatic hydroxyl groups excluding tert-OH is 3. The molecule has 0 fully saturated rings. The summed E-state index contributed by atoms with van der Waals surface area (Å²) in [6.07, 6.45) is 8.54. The average Bonchev–Trinajstić information content (AvgIpc) is 3.50. The predicted octanol–water partition coefficient (Wildman–Crippen LogP) is 7.27. The number of rotatable bonds is 19. The molecule has 2 aliphatic carbocycles. The summed E-state index contributed by atoms with van der Waals surface area (Å²) in [4.78, 5) is 0. The maximum absolute atomic E-state index is 10.4. The minimum absolute atomic E-state index is 0.126. The number of aryl methyl sites for hydroxylation is 1. The molecule has 3 aliphatic rings. The van der Waals surface area contributed by atoms with E-state index in [9.17, 15) is 15.3 Å². The van der Waals surface area contributed by atoms with Crippen LogP contribution in [0.4, 0.5) is 0 Å². The quantitative estimate of drug-likeness (QED) is 0.0836. The van der Waals surface area contributed by atoms with E-state index in [2.05, 4.69) is 81.5 Å². The molecule has 3 N–H and O–H groups in total. The zero-order chi connectivity index (χ0) is 40.9. The topological polar surface area (TPSA) is 125 Å².